The highest BCUT2D eigenvalue weighted by Gasteiger charge is 2.60. The van der Waals surface area contributed by atoms with Gasteiger partial charge >= 0.3 is 0 Å². The van der Waals surface area contributed by atoms with Crippen LogP contribution in [-0.4, -0.2) is 0 Å². The smallest absolute Gasteiger partial charge is 0.0241 e. The zero-order chi connectivity index (χ0) is 9.73. The average Bonchev–Trinajstić information content (AvgIpc) is 2.00. The van der Waals surface area contributed by atoms with E-state index in [1.54, 1.807) is 0 Å². The summed E-state index contributed by atoms with van der Waals surface area (Å²) in [5, 5.41) is 0. The fourth-order valence-electron chi connectivity index (χ4n) is 3.26. The molecule has 0 bridgehead atoms. The van der Waals surface area contributed by atoms with E-state index in [0.717, 1.165) is 17.8 Å². The van der Waals surface area contributed by atoms with Crippen LogP contribution in [0.4, 0.5) is 0 Å². The molecular formula is C12H24. The summed E-state index contributed by atoms with van der Waals surface area (Å²) in [6.07, 6.45) is 0. The molecule has 2 unspecified atom stereocenters. The van der Waals surface area contributed by atoms with Gasteiger partial charge in [0.25, 0.3) is 0 Å². The van der Waals surface area contributed by atoms with Gasteiger partial charge in [0.1, 0.15) is 0 Å². The van der Waals surface area contributed by atoms with E-state index in [4.69, 9.17) is 0 Å². The topological polar surface area (TPSA) is 0 Å². The molecule has 0 aromatic rings. The van der Waals surface area contributed by atoms with Gasteiger partial charge in [0, 0.05) is 0 Å². The normalized spacial score (nSPS) is 46.0. The molecule has 0 heterocycles. The van der Waals surface area contributed by atoms with Crippen molar-refractivity contribution >= 4 is 0 Å². The van der Waals surface area contributed by atoms with E-state index in [2.05, 4.69) is 48.5 Å². The van der Waals surface area contributed by atoms with Gasteiger partial charge in [0.2, 0.25) is 0 Å². The van der Waals surface area contributed by atoms with Crippen molar-refractivity contribution in [3.63, 3.8) is 0 Å². The van der Waals surface area contributed by atoms with Crippen LogP contribution in [0.15, 0.2) is 0 Å². The molecule has 0 radical (unpaired) electrons. The van der Waals surface area contributed by atoms with Gasteiger partial charge in [-0.15, -0.1) is 0 Å². The van der Waals surface area contributed by atoms with Crippen molar-refractivity contribution in [2.75, 3.05) is 0 Å². The van der Waals surface area contributed by atoms with Crippen LogP contribution in [0.25, 0.3) is 0 Å². The largest absolute Gasteiger partial charge is 0.0622 e. The van der Waals surface area contributed by atoms with Gasteiger partial charge in [-0.05, 0) is 28.6 Å². The summed E-state index contributed by atoms with van der Waals surface area (Å²) in [5.74, 6) is 2.54. The van der Waals surface area contributed by atoms with Crippen LogP contribution in [0.2, 0.25) is 0 Å². The van der Waals surface area contributed by atoms with Crippen LogP contribution in [-0.2, 0) is 0 Å². The summed E-state index contributed by atoms with van der Waals surface area (Å²) in [6.45, 7) is 16.8. The van der Waals surface area contributed by atoms with Crippen LogP contribution < -0.4 is 0 Å². The third kappa shape index (κ3) is 0.900. The summed E-state index contributed by atoms with van der Waals surface area (Å²) in [6, 6.07) is 0. The summed E-state index contributed by atoms with van der Waals surface area (Å²) >= 11 is 0. The Labute approximate surface area is 77.7 Å². The predicted molar refractivity (Wildman–Crippen MR) is 55.1 cm³/mol. The standard InChI is InChI=1S/C12H24/c1-8(2)12(7)9(3)11(5,6)10(12)4/h8-10H,1-7H3. The molecule has 0 aliphatic heterocycles. The van der Waals surface area contributed by atoms with Crippen LogP contribution in [0.1, 0.15) is 48.5 Å². The number of rotatable bonds is 1. The van der Waals surface area contributed by atoms with E-state index in [1.165, 1.54) is 0 Å². The maximum absolute atomic E-state index is 2.46. The Hall–Kier alpha value is 0. The third-order valence-corrected chi connectivity index (χ3v) is 5.34. The second-order valence-electron chi connectivity index (χ2n) is 5.79. The number of hydrogen-bond donors (Lipinski definition) is 0. The second kappa shape index (κ2) is 2.49. The molecule has 12 heavy (non-hydrogen) atoms. The lowest BCUT2D eigenvalue weighted by Crippen LogP contribution is -2.60. The molecule has 0 aromatic heterocycles. The minimum Gasteiger partial charge on any atom is -0.0622 e. The molecule has 0 N–H and O–H groups in total. The molecule has 0 heteroatoms. The third-order valence-electron chi connectivity index (χ3n) is 5.34. The Kier molecular flexibility index (Phi) is 2.10. The minimum absolute atomic E-state index is 0.555. The molecule has 1 fully saturated rings. The molecule has 0 aromatic carbocycles. The summed E-state index contributed by atoms with van der Waals surface area (Å²) in [5.41, 5.74) is 1.13. The van der Waals surface area contributed by atoms with Crippen molar-refractivity contribution in [2.24, 2.45) is 28.6 Å². The predicted octanol–water partition coefficient (Wildman–Crippen LogP) is 3.96. The number of hydrogen-bond acceptors (Lipinski definition) is 0. The highest BCUT2D eigenvalue weighted by molar-refractivity contribution is 5.08. The summed E-state index contributed by atoms with van der Waals surface area (Å²) < 4.78 is 0. The minimum atomic E-state index is 0.555. The van der Waals surface area contributed by atoms with Gasteiger partial charge in [0.05, 0.1) is 0 Å². The van der Waals surface area contributed by atoms with Gasteiger partial charge in [-0.25, -0.2) is 0 Å². The highest BCUT2D eigenvalue weighted by Crippen LogP contribution is 2.66. The van der Waals surface area contributed by atoms with Crippen molar-refractivity contribution in [1.82, 2.24) is 0 Å². The molecule has 2 atom stereocenters. The first-order chi connectivity index (χ1) is 5.25. The first-order valence-electron chi connectivity index (χ1n) is 5.25. The zero-order valence-electron chi connectivity index (χ0n) is 9.73. The quantitative estimate of drug-likeness (QED) is 0.556. The zero-order valence-corrected chi connectivity index (χ0v) is 9.73. The lowest BCUT2D eigenvalue weighted by molar-refractivity contribution is -0.180. The molecule has 1 saturated carbocycles. The van der Waals surface area contributed by atoms with Gasteiger partial charge in [-0.1, -0.05) is 48.5 Å². The van der Waals surface area contributed by atoms with Gasteiger partial charge in [-0.3, -0.25) is 0 Å². The Bertz CT molecular complexity index is 164. The van der Waals surface area contributed by atoms with Gasteiger partial charge in [0.15, 0.2) is 0 Å². The van der Waals surface area contributed by atoms with Crippen LogP contribution >= 0.6 is 0 Å². The Morgan fingerprint density at radius 3 is 1.42 bits per heavy atom. The lowest BCUT2D eigenvalue weighted by atomic mass is 9.39. The molecule has 0 spiro atoms. The molecular weight excluding hydrogens is 144 g/mol. The molecule has 1 aliphatic carbocycles. The van der Waals surface area contributed by atoms with Crippen LogP contribution in [0.3, 0.4) is 0 Å². The van der Waals surface area contributed by atoms with Gasteiger partial charge < -0.3 is 0 Å². The Morgan fingerprint density at radius 1 is 0.917 bits per heavy atom. The Balaban J connectivity index is 2.87. The van der Waals surface area contributed by atoms with Crippen molar-refractivity contribution in [1.29, 1.82) is 0 Å². The van der Waals surface area contributed by atoms with Crippen molar-refractivity contribution in [2.45, 2.75) is 48.5 Å². The van der Waals surface area contributed by atoms with Crippen molar-refractivity contribution in [3.05, 3.63) is 0 Å². The van der Waals surface area contributed by atoms with Crippen molar-refractivity contribution < 1.29 is 0 Å². The first kappa shape index (κ1) is 10.1. The highest BCUT2D eigenvalue weighted by atomic mass is 14.6. The van der Waals surface area contributed by atoms with E-state index in [1.807, 2.05) is 0 Å². The average molecular weight is 168 g/mol. The second-order valence-corrected chi connectivity index (χ2v) is 5.79. The van der Waals surface area contributed by atoms with Crippen LogP contribution in [0, 0.1) is 28.6 Å². The van der Waals surface area contributed by atoms with E-state index in [-0.39, 0.29) is 0 Å². The van der Waals surface area contributed by atoms with E-state index in [0.29, 0.717) is 10.8 Å². The first-order valence-corrected chi connectivity index (χ1v) is 5.25. The van der Waals surface area contributed by atoms with E-state index >= 15 is 0 Å². The molecule has 72 valence electrons. The van der Waals surface area contributed by atoms with Crippen molar-refractivity contribution in [3.8, 4) is 0 Å². The van der Waals surface area contributed by atoms with E-state index < -0.39 is 0 Å². The van der Waals surface area contributed by atoms with E-state index in [9.17, 15) is 0 Å². The summed E-state index contributed by atoms with van der Waals surface area (Å²) in [7, 11) is 0. The van der Waals surface area contributed by atoms with Crippen LogP contribution in [0.5, 0.6) is 0 Å². The molecule has 1 aliphatic rings. The molecule has 0 saturated heterocycles. The molecule has 0 amide bonds. The SMILES string of the molecule is CC(C)C1(C)C(C)C(C)(C)C1C. The monoisotopic (exact) mass is 168 g/mol. The Morgan fingerprint density at radius 2 is 1.25 bits per heavy atom. The lowest BCUT2D eigenvalue weighted by Gasteiger charge is -2.66. The maximum atomic E-state index is 2.46. The van der Waals surface area contributed by atoms with Gasteiger partial charge in [-0.2, -0.15) is 0 Å². The summed E-state index contributed by atoms with van der Waals surface area (Å²) in [4.78, 5) is 0. The molecule has 1 rings (SSSR count). The molecule has 0 nitrogen and oxygen atoms in total. The fraction of sp³-hybridized carbons (Fsp3) is 1.00. The maximum Gasteiger partial charge on any atom is -0.0241 e. The fourth-order valence-corrected chi connectivity index (χ4v) is 3.26.